The Labute approximate surface area is 122 Å². The zero-order valence-corrected chi connectivity index (χ0v) is 13.6. The maximum absolute atomic E-state index is 4.84. The molecule has 0 aliphatic heterocycles. The van der Waals surface area contributed by atoms with Crippen LogP contribution in [0.1, 0.15) is 64.1 Å². The molecule has 1 aromatic rings. The second-order valence-electron chi connectivity index (χ2n) is 6.92. The van der Waals surface area contributed by atoms with E-state index in [2.05, 4.69) is 38.4 Å². The van der Waals surface area contributed by atoms with Crippen LogP contribution in [0.15, 0.2) is 5.38 Å². The summed E-state index contributed by atoms with van der Waals surface area (Å²) in [5.74, 6) is 0.754. The van der Waals surface area contributed by atoms with E-state index < -0.39 is 0 Å². The van der Waals surface area contributed by atoms with E-state index in [4.69, 9.17) is 4.98 Å². The lowest BCUT2D eigenvalue weighted by atomic mass is 9.93. The van der Waals surface area contributed by atoms with E-state index in [0.717, 1.165) is 18.4 Å². The number of aromatic nitrogens is 1. The first-order valence-electron chi connectivity index (χ1n) is 7.67. The van der Waals surface area contributed by atoms with Crippen LogP contribution in [0.2, 0.25) is 0 Å². The molecule has 2 rings (SSSR count). The van der Waals surface area contributed by atoms with Crippen molar-refractivity contribution in [3.05, 3.63) is 16.1 Å². The molecule has 2 nitrogen and oxygen atoms in total. The van der Waals surface area contributed by atoms with Gasteiger partial charge in [0.2, 0.25) is 0 Å². The Bertz CT molecular complexity index is 388. The third kappa shape index (κ3) is 4.88. The van der Waals surface area contributed by atoms with Crippen molar-refractivity contribution in [2.24, 2.45) is 5.92 Å². The summed E-state index contributed by atoms with van der Waals surface area (Å²) < 4.78 is 0. The number of thiazole rings is 1. The lowest BCUT2D eigenvalue weighted by Gasteiger charge is -2.16. The number of hydrogen-bond acceptors (Lipinski definition) is 3. The molecule has 0 aromatic carbocycles. The Kier molecular flexibility index (Phi) is 5.02. The fourth-order valence-electron chi connectivity index (χ4n) is 2.30. The van der Waals surface area contributed by atoms with Gasteiger partial charge in [-0.15, -0.1) is 11.3 Å². The molecule has 0 saturated heterocycles. The zero-order chi connectivity index (χ0) is 13.9. The lowest BCUT2D eigenvalue weighted by molar-refractivity contribution is 0.435. The van der Waals surface area contributed by atoms with Crippen molar-refractivity contribution in [1.82, 2.24) is 10.3 Å². The van der Waals surface area contributed by atoms with Gasteiger partial charge in [0.05, 0.1) is 10.7 Å². The number of nitrogens with one attached hydrogen (secondary N) is 1. The van der Waals surface area contributed by atoms with Gasteiger partial charge >= 0.3 is 0 Å². The van der Waals surface area contributed by atoms with Crippen LogP contribution in [0.5, 0.6) is 0 Å². The molecule has 1 unspecified atom stereocenters. The summed E-state index contributed by atoms with van der Waals surface area (Å²) in [6.45, 7) is 10.2. The van der Waals surface area contributed by atoms with E-state index in [9.17, 15) is 0 Å². The summed E-state index contributed by atoms with van der Waals surface area (Å²) >= 11 is 1.84. The van der Waals surface area contributed by atoms with Gasteiger partial charge in [-0.25, -0.2) is 4.98 Å². The molecule has 1 aliphatic carbocycles. The second kappa shape index (κ2) is 6.36. The molecule has 1 saturated carbocycles. The molecule has 1 aromatic heterocycles. The minimum Gasteiger partial charge on any atom is -0.314 e. The molecule has 19 heavy (non-hydrogen) atoms. The average Bonchev–Trinajstić information content (AvgIpc) is 3.03. The fourth-order valence-corrected chi connectivity index (χ4v) is 3.44. The predicted octanol–water partition coefficient (Wildman–Crippen LogP) is 4.15. The molecule has 3 heteroatoms. The third-order valence-electron chi connectivity index (χ3n) is 3.75. The summed E-state index contributed by atoms with van der Waals surface area (Å²) in [7, 11) is 0. The molecule has 1 atom stereocenters. The van der Waals surface area contributed by atoms with E-state index in [1.807, 2.05) is 11.3 Å². The highest BCUT2D eigenvalue weighted by atomic mass is 32.1. The van der Waals surface area contributed by atoms with Gasteiger partial charge in [-0.05, 0) is 31.7 Å². The van der Waals surface area contributed by atoms with Crippen LogP contribution in [0, 0.1) is 5.92 Å². The lowest BCUT2D eigenvalue weighted by Crippen LogP contribution is -2.26. The Morgan fingerprint density at radius 1 is 1.42 bits per heavy atom. The van der Waals surface area contributed by atoms with Crippen LogP contribution in [0.25, 0.3) is 0 Å². The fraction of sp³-hybridized carbons (Fsp3) is 0.812. The highest BCUT2D eigenvalue weighted by molar-refractivity contribution is 7.09. The van der Waals surface area contributed by atoms with Gasteiger partial charge in [0.15, 0.2) is 0 Å². The third-order valence-corrected chi connectivity index (χ3v) is 4.62. The van der Waals surface area contributed by atoms with Gasteiger partial charge < -0.3 is 5.32 Å². The van der Waals surface area contributed by atoms with Crippen molar-refractivity contribution in [2.45, 2.75) is 71.3 Å². The molecule has 1 aliphatic rings. The van der Waals surface area contributed by atoms with Crippen LogP contribution in [0.3, 0.4) is 0 Å². The predicted molar refractivity (Wildman–Crippen MR) is 83.9 cm³/mol. The molecule has 1 fully saturated rings. The molecular formula is C16H28N2S. The Morgan fingerprint density at radius 2 is 2.16 bits per heavy atom. The minimum absolute atomic E-state index is 0.182. The van der Waals surface area contributed by atoms with E-state index >= 15 is 0 Å². The maximum Gasteiger partial charge on any atom is 0.0931 e. The van der Waals surface area contributed by atoms with Crippen molar-refractivity contribution in [2.75, 3.05) is 6.54 Å². The van der Waals surface area contributed by atoms with Crippen molar-refractivity contribution in [1.29, 1.82) is 0 Å². The van der Waals surface area contributed by atoms with Gasteiger partial charge in [0.25, 0.3) is 0 Å². The summed E-state index contributed by atoms with van der Waals surface area (Å²) in [5.41, 5.74) is 1.43. The SMILES string of the molecule is CCCC(CNC1CC1)Cc1nc(C(C)(C)C)cs1. The second-order valence-corrected chi connectivity index (χ2v) is 7.86. The quantitative estimate of drug-likeness (QED) is 0.811. The van der Waals surface area contributed by atoms with Crippen molar-refractivity contribution in [3.63, 3.8) is 0 Å². The minimum atomic E-state index is 0.182. The van der Waals surface area contributed by atoms with Crippen LogP contribution in [0.4, 0.5) is 0 Å². The molecule has 0 spiro atoms. The number of nitrogens with zero attached hydrogens (tertiary/aromatic N) is 1. The van der Waals surface area contributed by atoms with Crippen LogP contribution < -0.4 is 5.32 Å². The monoisotopic (exact) mass is 280 g/mol. The Hall–Kier alpha value is -0.410. The standard InChI is InChI=1S/C16H28N2S/c1-5-6-12(10-17-13-7-8-13)9-15-18-14(11-19-15)16(2,3)4/h11-13,17H,5-10H2,1-4H3. The average molecular weight is 280 g/mol. The smallest absolute Gasteiger partial charge is 0.0931 e. The number of rotatable bonds is 7. The maximum atomic E-state index is 4.84. The molecule has 0 amide bonds. The van der Waals surface area contributed by atoms with E-state index in [1.54, 1.807) is 0 Å². The van der Waals surface area contributed by atoms with Gasteiger partial charge in [0, 0.05) is 23.3 Å². The first kappa shape index (κ1) is 15.0. The van der Waals surface area contributed by atoms with Gasteiger partial charge in [0.1, 0.15) is 0 Å². The Balaban J connectivity index is 1.89. The Morgan fingerprint density at radius 3 is 2.68 bits per heavy atom. The molecular weight excluding hydrogens is 252 g/mol. The zero-order valence-electron chi connectivity index (χ0n) is 12.8. The van der Waals surface area contributed by atoms with E-state index in [0.29, 0.717) is 0 Å². The highest BCUT2D eigenvalue weighted by Gasteiger charge is 2.23. The van der Waals surface area contributed by atoms with Crippen molar-refractivity contribution < 1.29 is 0 Å². The van der Waals surface area contributed by atoms with Crippen molar-refractivity contribution in [3.8, 4) is 0 Å². The topological polar surface area (TPSA) is 24.9 Å². The summed E-state index contributed by atoms with van der Waals surface area (Å²) in [5, 5.41) is 7.24. The first-order valence-corrected chi connectivity index (χ1v) is 8.55. The van der Waals surface area contributed by atoms with Gasteiger partial charge in [-0.2, -0.15) is 0 Å². The van der Waals surface area contributed by atoms with Crippen LogP contribution in [-0.4, -0.2) is 17.6 Å². The summed E-state index contributed by atoms with van der Waals surface area (Å²) in [6.07, 6.45) is 6.49. The van der Waals surface area contributed by atoms with E-state index in [1.165, 1.54) is 42.9 Å². The van der Waals surface area contributed by atoms with E-state index in [-0.39, 0.29) is 5.41 Å². The first-order chi connectivity index (χ1) is 8.99. The van der Waals surface area contributed by atoms with Crippen molar-refractivity contribution >= 4 is 11.3 Å². The summed E-state index contributed by atoms with van der Waals surface area (Å²) in [6, 6.07) is 0.820. The molecule has 1 N–H and O–H groups in total. The van der Waals surface area contributed by atoms with Crippen LogP contribution in [-0.2, 0) is 11.8 Å². The van der Waals surface area contributed by atoms with Gasteiger partial charge in [-0.1, -0.05) is 34.1 Å². The normalized spacial score (nSPS) is 17.7. The van der Waals surface area contributed by atoms with Crippen LogP contribution >= 0.6 is 11.3 Å². The molecule has 108 valence electrons. The summed E-state index contributed by atoms with van der Waals surface area (Å²) in [4.78, 5) is 4.84. The molecule has 1 heterocycles. The number of hydrogen-bond donors (Lipinski definition) is 1. The largest absolute Gasteiger partial charge is 0.314 e. The molecule has 0 radical (unpaired) electrons. The molecule has 0 bridgehead atoms. The highest BCUT2D eigenvalue weighted by Crippen LogP contribution is 2.26. The van der Waals surface area contributed by atoms with Gasteiger partial charge in [-0.3, -0.25) is 0 Å².